The molecule has 1 aromatic rings. The van der Waals surface area contributed by atoms with Crippen LogP contribution in [0.2, 0.25) is 0 Å². The zero-order valence-electron chi connectivity index (χ0n) is 7.20. The Balaban J connectivity index is 3.42. The van der Waals surface area contributed by atoms with E-state index < -0.39 is 11.7 Å². The van der Waals surface area contributed by atoms with Crippen molar-refractivity contribution in [3.8, 4) is 6.07 Å². The second kappa shape index (κ2) is 4.58. The summed E-state index contributed by atoms with van der Waals surface area (Å²) in [4.78, 5) is 0. The summed E-state index contributed by atoms with van der Waals surface area (Å²) in [6, 6.07) is 3.52. The molecule has 0 fully saturated rings. The van der Waals surface area contributed by atoms with Crippen molar-refractivity contribution in [2.75, 3.05) is 0 Å². The average Bonchev–Trinajstić information content (AvgIpc) is 2.16. The number of alkyl halides is 4. The van der Waals surface area contributed by atoms with Crippen LogP contribution in [0.25, 0.3) is 0 Å². The molecule has 0 radical (unpaired) electrons. The molecular weight excluding hydrogens is 341 g/mol. The molecule has 0 amide bonds. The van der Waals surface area contributed by atoms with Crippen molar-refractivity contribution in [2.24, 2.45) is 0 Å². The van der Waals surface area contributed by atoms with Gasteiger partial charge in [-0.1, -0.05) is 0 Å². The highest BCUT2D eigenvalue weighted by Gasteiger charge is 2.31. The third kappa shape index (κ3) is 2.75. The Kier molecular flexibility index (Phi) is 3.84. The molecule has 0 spiro atoms. The molecule has 0 saturated heterocycles. The maximum atomic E-state index is 12.4. The van der Waals surface area contributed by atoms with E-state index in [4.69, 9.17) is 16.9 Å². The van der Waals surface area contributed by atoms with Crippen molar-refractivity contribution in [3.63, 3.8) is 0 Å². The lowest BCUT2D eigenvalue weighted by Crippen LogP contribution is -2.07. The van der Waals surface area contributed by atoms with Gasteiger partial charge in [-0.2, -0.15) is 18.4 Å². The van der Waals surface area contributed by atoms with Crippen molar-refractivity contribution < 1.29 is 13.2 Å². The van der Waals surface area contributed by atoms with E-state index in [1.165, 1.54) is 0 Å². The molecule has 1 nitrogen and oxygen atoms in total. The number of halogens is 5. The lowest BCUT2D eigenvalue weighted by Gasteiger charge is -2.10. The highest BCUT2D eigenvalue weighted by atomic mass is 127. The summed E-state index contributed by atoms with van der Waals surface area (Å²) in [6.45, 7) is 0. The van der Waals surface area contributed by atoms with Crippen molar-refractivity contribution in [1.29, 1.82) is 5.26 Å². The summed E-state index contributed by atoms with van der Waals surface area (Å²) in [6.07, 6.45) is -4.45. The van der Waals surface area contributed by atoms with Crippen LogP contribution < -0.4 is 0 Å². The Hall–Kier alpha value is -0.480. The van der Waals surface area contributed by atoms with Crippen LogP contribution in [0.15, 0.2) is 12.1 Å². The zero-order chi connectivity index (χ0) is 11.6. The highest BCUT2D eigenvalue weighted by molar-refractivity contribution is 14.1. The summed E-state index contributed by atoms with van der Waals surface area (Å²) < 4.78 is 37.7. The summed E-state index contributed by atoms with van der Waals surface area (Å²) >= 11 is 7.31. The van der Waals surface area contributed by atoms with Crippen LogP contribution in [-0.4, -0.2) is 0 Å². The van der Waals surface area contributed by atoms with Crippen LogP contribution in [0.3, 0.4) is 0 Å². The molecule has 15 heavy (non-hydrogen) atoms. The minimum absolute atomic E-state index is 0.000995. The SMILES string of the molecule is N#Cc1cc(C(F)(F)F)cc(CCl)c1I. The van der Waals surface area contributed by atoms with Gasteiger partial charge in [-0.05, 0) is 40.3 Å². The fraction of sp³-hybridized carbons (Fsp3) is 0.222. The summed E-state index contributed by atoms with van der Waals surface area (Å²) in [7, 11) is 0. The molecule has 0 saturated carbocycles. The smallest absolute Gasteiger partial charge is 0.192 e. The zero-order valence-corrected chi connectivity index (χ0v) is 10.1. The fourth-order valence-electron chi connectivity index (χ4n) is 1.03. The summed E-state index contributed by atoms with van der Waals surface area (Å²) in [5, 5.41) is 8.66. The van der Waals surface area contributed by atoms with Crippen LogP contribution in [-0.2, 0) is 12.1 Å². The van der Waals surface area contributed by atoms with Gasteiger partial charge in [0.05, 0.1) is 11.1 Å². The Bertz CT molecular complexity index is 423. The lowest BCUT2D eigenvalue weighted by molar-refractivity contribution is -0.137. The van der Waals surface area contributed by atoms with Crippen molar-refractivity contribution in [3.05, 3.63) is 32.4 Å². The van der Waals surface area contributed by atoms with E-state index in [0.717, 1.165) is 12.1 Å². The second-order valence-electron chi connectivity index (χ2n) is 2.74. The van der Waals surface area contributed by atoms with Gasteiger partial charge >= 0.3 is 6.18 Å². The van der Waals surface area contributed by atoms with Crippen LogP contribution in [0, 0.1) is 14.9 Å². The Morgan fingerprint density at radius 1 is 1.40 bits per heavy atom. The molecule has 0 aliphatic carbocycles. The van der Waals surface area contributed by atoms with Crippen molar-refractivity contribution in [2.45, 2.75) is 12.1 Å². The van der Waals surface area contributed by atoms with E-state index in [-0.39, 0.29) is 11.4 Å². The third-order valence-corrected chi connectivity index (χ3v) is 3.30. The fourth-order valence-corrected chi connectivity index (χ4v) is 2.09. The molecule has 0 aliphatic rings. The predicted molar refractivity (Wildman–Crippen MR) is 58.4 cm³/mol. The van der Waals surface area contributed by atoms with Crippen LogP contribution in [0.1, 0.15) is 16.7 Å². The minimum Gasteiger partial charge on any atom is -0.192 e. The normalized spacial score (nSPS) is 11.2. The molecule has 0 N–H and O–H groups in total. The molecule has 0 atom stereocenters. The summed E-state index contributed by atoms with van der Waals surface area (Å²) in [5.74, 6) is -0.0448. The first-order valence-electron chi connectivity index (χ1n) is 3.76. The summed E-state index contributed by atoms with van der Waals surface area (Å²) in [5.41, 5.74) is -0.514. The van der Waals surface area contributed by atoms with Crippen molar-refractivity contribution in [1.82, 2.24) is 0 Å². The number of hydrogen-bond acceptors (Lipinski definition) is 1. The van der Waals surface area contributed by atoms with Gasteiger partial charge in [0.25, 0.3) is 0 Å². The van der Waals surface area contributed by atoms with Crippen molar-refractivity contribution >= 4 is 34.2 Å². The lowest BCUT2D eigenvalue weighted by atomic mass is 10.1. The molecule has 0 aromatic heterocycles. The molecule has 6 heteroatoms. The maximum absolute atomic E-state index is 12.4. The number of benzene rings is 1. The van der Waals surface area contributed by atoms with E-state index in [2.05, 4.69) is 0 Å². The van der Waals surface area contributed by atoms with E-state index in [0.29, 0.717) is 9.13 Å². The predicted octanol–water partition coefficient (Wildman–Crippen LogP) is 3.92. The average molecular weight is 345 g/mol. The molecule has 1 rings (SSSR count). The van der Waals surface area contributed by atoms with Gasteiger partial charge < -0.3 is 0 Å². The molecule has 0 bridgehead atoms. The molecule has 80 valence electrons. The first-order valence-corrected chi connectivity index (χ1v) is 5.37. The van der Waals surface area contributed by atoms with Gasteiger partial charge in [0.15, 0.2) is 0 Å². The number of nitriles is 1. The number of nitrogens with zero attached hydrogens (tertiary/aromatic N) is 1. The topological polar surface area (TPSA) is 23.8 Å². The first-order chi connectivity index (χ1) is 6.90. The van der Waals surface area contributed by atoms with Gasteiger partial charge in [0.2, 0.25) is 0 Å². The number of rotatable bonds is 1. The molecule has 0 unspecified atom stereocenters. The Labute approximate surface area is 103 Å². The highest BCUT2D eigenvalue weighted by Crippen LogP contribution is 2.33. The van der Waals surface area contributed by atoms with Gasteiger partial charge in [0.1, 0.15) is 6.07 Å². The van der Waals surface area contributed by atoms with E-state index in [9.17, 15) is 13.2 Å². The standard InChI is InChI=1S/C9H4ClF3IN/c10-3-5-1-7(9(11,12)13)2-6(4-15)8(5)14/h1-2H,3H2. The minimum atomic E-state index is -4.45. The van der Waals surface area contributed by atoms with Crippen LogP contribution in [0.4, 0.5) is 13.2 Å². The molecule has 1 aromatic carbocycles. The monoisotopic (exact) mass is 345 g/mol. The first kappa shape index (κ1) is 12.6. The molecular formula is C9H4ClF3IN. The van der Waals surface area contributed by atoms with E-state index >= 15 is 0 Å². The van der Waals surface area contributed by atoms with Crippen LogP contribution >= 0.6 is 34.2 Å². The van der Waals surface area contributed by atoms with E-state index in [1.807, 2.05) is 22.6 Å². The van der Waals surface area contributed by atoms with Gasteiger partial charge in [-0.15, -0.1) is 11.6 Å². The quantitative estimate of drug-likeness (QED) is 0.559. The third-order valence-electron chi connectivity index (χ3n) is 1.74. The van der Waals surface area contributed by atoms with Gasteiger partial charge in [0, 0.05) is 9.45 Å². The Morgan fingerprint density at radius 3 is 2.40 bits per heavy atom. The van der Waals surface area contributed by atoms with E-state index in [1.54, 1.807) is 6.07 Å². The van der Waals surface area contributed by atoms with Gasteiger partial charge in [-0.25, -0.2) is 0 Å². The molecule has 0 heterocycles. The largest absolute Gasteiger partial charge is 0.416 e. The van der Waals surface area contributed by atoms with Crippen LogP contribution in [0.5, 0.6) is 0 Å². The van der Waals surface area contributed by atoms with Gasteiger partial charge in [-0.3, -0.25) is 0 Å². The number of hydrogen-bond donors (Lipinski definition) is 0. The second-order valence-corrected chi connectivity index (χ2v) is 4.09. The maximum Gasteiger partial charge on any atom is 0.416 e. The Morgan fingerprint density at radius 2 is 2.00 bits per heavy atom. The molecule has 0 aliphatic heterocycles.